The molecule has 22 heavy (non-hydrogen) atoms. The molecule has 0 saturated carbocycles. The van der Waals surface area contributed by atoms with Gasteiger partial charge in [0.2, 0.25) is 0 Å². The highest BCUT2D eigenvalue weighted by Crippen LogP contribution is 2.36. The Morgan fingerprint density at radius 2 is 2.18 bits per heavy atom. The van der Waals surface area contributed by atoms with Gasteiger partial charge in [-0.3, -0.25) is 10.1 Å². The maximum atomic E-state index is 12.9. The molecule has 0 bridgehead atoms. The zero-order valence-electron chi connectivity index (χ0n) is 11.1. The number of ether oxygens (including phenoxy) is 1. The summed E-state index contributed by atoms with van der Waals surface area (Å²) in [6.07, 6.45) is -3.60. The minimum Gasteiger partial charge on any atom is -0.462 e. The highest BCUT2D eigenvalue weighted by Gasteiger charge is 2.40. The number of esters is 1. The van der Waals surface area contributed by atoms with Crippen molar-refractivity contribution in [1.82, 2.24) is 4.98 Å². The molecule has 0 unspecified atom stereocenters. The number of nitrogens with zero attached hydrogens (tertiary/aromatic N) is 1. The fourth-order valence-electron chi connectivity index (χ4n) is 1.47. The van der Waals surface area contributed by atoms with Crippen molar-refractivity contribution in [2.45, 2.75) is 13.1 Å². The summed E-state index contributed by atoms with van der Waals surface area (Å²) in [6.45, 7) is 1.38. The number of alkyl halides is 3. The molecule has 0 aliphatic heterocycles. The van der Waals surface area contributed by atoms with Crippen LogP contribution >= 0.6 is 11.3 Å². The van der Waals surface area contributed by atoms with Crippen LogP contribution in [0.2, 0.25) is 0 Å². The average molecular weight is 334 g/mol. The van der Waals surface area contributed by atoms with Crippen LogP contribution < -0.4 is 5.32 Å². The average Bonchev–Trinajstić information content (AvgIpc) is 3.07. The molecule has 2 aromatic rings. The molecular formula is C12H9F3N2O4S. The summed E-state index contributed by atoms with van der Waals surface area (Å²) in [7, 11) is 0. The van der Waals surface area contributed by atoms with Crippen molar-refractivity contribution in [3.05, 3.63) is 34.7 Å². The van der Waals surface area contributed by atoms with Gasteiger partial charge in [0.25, 0.3) is 5.91 Å². The lowest BCUT2D eigenvalue weighted by atomic mass is 10.3. The van der Waals surface area contributed by atoms with Crippen LogP contribution in [0.1, 0.15) is 32.8 Å². The van der Waals surface area contributed by atoms with E-state index in [4.69, 9.17) is 4.42 Å². The molecule has 0 aliphatic rings. The van der Waals surface area contributed by atoms with Crippen LogP contribution in [0.4, 0.5) is 18.3 Å². The van der Waals surface area contributed by atoms with Gasteiger partial charge in [0, 0.05) is 0 Å². The van der Waals surface area contributed by atoms with E-state index in [0.29, 0.717) is 11.3 Å². The standard InChI is InChI=1S/C12H9F3N2O4S/c1-2-20-10(19)7-8(12(13,14)15)16-11(22-7)17-9(18)6-4-3-5-21-6/h3-5H,2H2,1H3,(H,16,17,18). The van der Waals surface area contributed by atoms with Crippen molar-refractivity contribution in [1.29, 1.82) is 0 Å². The van der Waals surface area contributed by atoms with Gasteiger partial charge in [-0.2, -0.15) is 13.2 Å². The second-order valence-corrected chi connectivity index (χ2v) is 4.85. The second kappa shape index (κ2) is 6.18. The molecular weight excluding hydrogens is 325 g/mol. The van der Waals surface area contributed by atoms with Gasteiger partial charge in [0.15, 0.2) is 16.6 Å². The molecule has 118 valence electrons. The van der Waals surface area contributed by atoms with E-state index in [0.717, 1.165) is 0 Å². The predicted octanol–water partition coefficient (Wildman–Crippen LogP) is 3.18. The Morgan fingerprint density at radius 1 is 1.45 bits per heavy atom. The Kier molecular flexibility index (Phi) is 4.50. The van der Waals surface area contributed by atoms with Crippen molar-refractivity contribution in [2.75, 3.05) is 11.9 Å². The van der Waals surface area contributed by atoms with E-state index in [9.17, 15) is 22.8 Å². The molecule has 2 rings (SSSR count). The zero-order valence-corrected chi connectivity index (χ0v) is 11.9. The number of halogens is 3. The fourth-order valence-corrected chi connectivity index (χ4v) is 2.34. The van der Waals surface area contributed by atoms with Gasteiger partial charge in [0.1, 0.15) is 4.88 Å². The molecule has 0 saturated heterocycles. The van der Waals surface area contributed by atoms with Gasteiger partial charge in [0.05, 0.1) is 12.9 Å². The summed E-state index contributed by atoms with van der Waals surface area (Å²) < 4.78 is 48.0. The van der Waals surface area contributed by atoms with Crippen molar-refractivity contribution >= 4 is 28.3 Å². The highest BCUT2D eigenvalue weighted by atomic mass is 32.1. The monoisotopic (exact) mass is 334 g/mol. The largest absolute Gasteiger partial charge is 0.462 e. The Morgan fingerprint density at radius 3 is 2.73 bits per heavy atom. The Bertz CT molecular complexity index is 679. The number of thiazole rings is 1. The van der Waals surface area contributed by atoms with E-state index in [2.05, 4.69) is 15.0 Å². The summed E-state index contributed by atoms with van der Waals surface area (Å²) >= 11 is 0.381. The minimum absolute atomic E-state index is 0.0812. The molecule has 0 fully saturated rings. The smallest absolute Gasteiger partial charge is 0.435 e. The number of hydrogen-bond donors (Lipinski definition) is 1. The van der Waals surface area contributed by atoms with E-state index in [-0.39, 0.29) is 17.5 Å². The summed E-state index contributed by atoms with van der Waals surface area (Å²) in [5.74, 6) is -2.02. The van der Waals surface area contributed by atoms with Gasteiger partial charge in [-0.15, -0.1) is 0 Å². The predicted molar refractivity (Wildman–Crippen MR) is 69.7 cm³/mol. The molecule has 0 spiro atoms. The van der Waals surface area contributed by atoms with Gasteiger partial charge >= 0.3 is 12.1 Å². The molecule has 0 aliphatic carbocycles. The van der Waals surface area contributed by atoms with Crippen molar-refractivity contribution < 1.29 is 31.9 Å². The van der Waals surface area contributed by atoms with Crippen molar-refractivity contribution in [3.63, 3.8) is 0 Å². The first-order valence-corrected chi connectivity index (χ1v) is 6.74. The number of rotatable bonds is 4. The van der Waals surface area contributed by atoms with E-state index >= 15 is 0 Å². The summed E-state index contributed by atoms with van der Waals surface area (Å²) in [6, 6.07) is 2.78. The van der Waals surface area contributed by atoms with Crippen LogP contribution in [0.25, 0.3) is 0 Å². The number of furan rings is 1. The quantitative estimate of drug-likeness (QED) is 0.869. The van der Waals surface area contributed by atoms with Gasteiger partial charge in [-0.05, 0) is 19.1 Å². The molecule has 0 aromatic carbocycles. The number of anilines is 1. The summed E-state index contributed by atoms with van der Waals surface area (Å²) in [5.41, 5.74) is -1.40. The van der Waals surface area contributed by atoms with Crippen LogP contribution in [0.3, 0.4) is 0 Å². The maximum absolute atomic E-state index is 12.9. The molecule has 10 heteroatoms. The molecule has 1 amide bonds. The number of aromatic nitrogens is 1. The van der Waals surface area contributed by atoms with Crippen LogP contribution in [0.15, 0.2) is 22.8 Å². The van der Waals surface area contributed by atoms with Gasteiger partial charge in [-0.25, -0.2) is 9.78 Å². The third-order valence-electron chi connectivity index (χ3n) is 2.32. The van der Waals surface area contributed by atoms with E-state index in [1.807, 2.05) is 0 Å². The summed E-state index contributed by atoms with van der Waals surface area (Å²) in [4.78, 5) is 25.8. The third-order valence-corrected chi connectivity index (χ3v) is 3.27. The van der Waals surface area contributed by atoms with Crippen LogP contribution in [-0.2, 0) is 10.9 Å². The first-order chi connectivity index (χ1) is 10.3. The lowest BCUT2D eigenvalue weighted by Crippen LogP contribution is -2.14. The number of nitrogens with one attached hydrogen (secondary N) is 1. The number of amides is 1. The topological polar surface area (TPSA) is 81.4 Å². The minimum atomic E-state index is -4.84. The normalized spacial score (nSPS) is 11.3. The van der Waals surface area contributed by atoms with Gasteiger partial charge in [-0.1, -0.05) is 11.3 Å². The Hall–Kier alpha value is -2.36. The lowest BCUT2D eigenvalue weighted by Gasteiger charge is -2.04. The first-order valence-electron chi connectivity index (χ1n) is 5.93. The summed E-state index contributed by atoms with van der Waals surface area (Å²) in [5, 5.41) is 1.76. The van der Waals surface area contributed by atoms with Crippen molar-refractivity contribution in [2.24, 2.45) is 0 Å². The first kappa shape index (κ1) is 16.0. The van der Waals surface area contributed by atoms with E-state index in [1.54, 1.807) is 0 Å². The molecule has 2 aromatic heterocycles. The maximum Gasteiger partial charge on any atom is 0.435 e. The molecule has 2 heterocycles. The van der Waals surface area contributed by atoms with E-state index in [1.165, 1.54) is 25.3 Å². The third kappa shape index (κ3) is 3.45. The number of carbonyl (C=O) groups excluding carboxylic acids is 2. The number of hydrogen-bond acceptors (Lipinski definition) is 6. The van der Waals surface area contributed by atoms with Crippen LogP contribution in [-0.4, -0.2) is 23.5 Å². The highest BCUT2D eigenvalue weighted by molar-refractivity contribution is 7.17. The zero-order chi connectivity index (χ0) is 16.3. The Balaban J connectivity index is 2.30. The molecule has 6 nitrogen and oxygen atoms in total. The lowest BCUT2D eigenvalue weighted by molar-refractivity contribution is -0.141. The molecule has 1 N–H and O–H groups in total. The van der Waals surface area contributed by atoms with Gasteiger partial charge < -0.3 is 9.15 Å². The Labute approximate surface area is 125 Å². The number of carbonyl (C=O) groups is 2. The molecule has 0 radical (unpaired) electrons. The second-order valence-electron chi connectivity index (χ2n) is 3.85. The SMILES string of the molecule is CCOC(=O)c1sc(NC(=O)c2ccco2)nc1C(F)(F)F. The van der Waals surface area contributed by atoms with E-state index < -0.39 is 28.6 Å². The fraction of sp³-hybridized carbons (Fsp3) is 0.250. The van der Waals surface area contributed by atoms with Crippen molar-refractivity contribution in [3.8, 4) is 0 Å². The van der Waals surface area contributed by atoms with Crippen LogP contribution in [0, 0.1) is 0 Å². The molecule has 0 atom stereocenters. The van der Waals surface area contributed by atoms with Crippen LogP contribution in [0.5, 0.6) is 0 Å².